The highest BCUT2D eigenvalue weighted by molar-refractivity contribution is 5.95. The number of ether oxygens (including phenoxy) is 1. The maximum Gasteiger partial charge on any atom is 0.228 e. The number of carbonyl (C=O) groups excluding carboxylic acids is 1. The summed E-state index contributed by atoms with van der Waals surface area (Å²) in [6, 6.07) is 0. The van der Waals surface area contributed by atoms with Crippen molar-refractivity contribution in [3.63, 3.8) is 0 Å². The monoisotopic (exact) mass is 396 g/mol. The molecule has 4 aliphatic rings. The molecule has 0 spiro atoms. The van der Waals surface area contributed by atoms with Crippen LogP contribution in [0.3, 0.4) is 0 Å². The van der Waals surface area contributed by atoms with Crippen molar-refractivity contribution in [1.29, 1.82) is 0 Å². The fourth-order valence-electron chi connectivity index (χ4n) is 4.89. The first-order chi connectivity index (χ1) is 14.2. The molecular weight excluding hydrogens is 364 g/mol. The van der Waals surface area contributed by atoms with Crippen molar-refractivity contribution >= 4 is 11.7 Å². The molecule has 0 aromatic carbocycles. The SMILES string of the molecule is Cc1nc(C2CCN(CC3=CCCOC3)CC2)nc2c1CCC(=O)N2CC1CC1. The Morgan fingerprint density at radius 3 is 2.69 bits per heavy atom. The second-order valence-corrected chi connectivity index (χ2v) is 9.17. The summed E-state index contributed by atoms with van der Waals surface area (Å²) >= 11 is 0. The Labute approximate surface area is 173 Å². The van der Waals surface area contributed by atoms with Crippen molar-refractivity contribution in [3.8, 4) is 0 Å². The van der Waals surface area contributed by atoms with Crippen molar-refractivity contribution < 1.29 is 9.53 Å². The van der Waals surface area contributed by atoms with Crippen LogP contribution in [0.4, 0.5) is 5.82 Å². The van der Waals surface area contributed by atoms with E-state index >= 15 is 0 Å². The molecule has 5 rings (SSSR count). The molecule has 1 saturated carbocycles. The zero-order valence-corrected chi connectivity index (χ0v) is 17.5. The minimum atomic E-state index is 0.242. The summed E-state index contributed by atoms with van der Waals surface area (Å²) in [6.07, 6.45) is 9.44. The predicted octanol–water partition coefficient (Wildman–Crippen LogP) is 3.00. The van der Waals surface area contributed by atoms with Crippen LogP contribution in [-0.4, -0.2) is 60.2 Å². The van der Waals surface area contributed by atoms with Crippen LogP contribution in [0.2, 0.25) is 0 Å². The van der Waals surface area contributed by atoms with Gasteiger partial charge >= 0.3 is 0 Å². The number of piperidine rings is 1. The fourth-order valence-corrected chi connectivity index (χ4v) is 4.89. The van der Waals surface area contributed by atoms with E-state index in [4.69, 9.17) is 14.7 Å². The van der Waals surface area contributed by atoms with Crippen LogP contribution in [0.5, 0.6) is 0 Å². The molecule has 1 aromatic heterocycles. The summed E-state index contributed by atoms with van der Waals surface area (Å²) in [5.74, 6) is 3.18. The summed E-state index contributed by atoms with van der Waals surface area (Å²) in [7, 11) is 0. The number of carbonyl (C=O) groups is 1. The minimum absolute atomic E-state index is 0.242. The molecule has 3 aliphatic heterocycles. The molecule has 2 fully saturated rings. The Hall–Kier alpha value is -1.79. The summed E-state index contributed by atoms with van der Waals surface area (Å²) in [5, 5.41) is 0. The topological polar surface area (TPSA) is 58.6 Å². The van der Waals surface area contributed by atoms with Gasteiger partial charge in [-0.25, -0.2) is 9.97 Å². The fraction of sp³-hybridized carbons (Fsp3) is 0.696. The highest BCUT2D eigenvalue weighted by Gasteiger charge is 2.34. The maximum absolute atomic E-state index is 12.6. The molecule has 0 radical (unpaired) electrons. The van der Waals surface area contributed by atoms with E-state index in [0.29, 0.717) is 18.3 Å². The maximum atomic E-state index is 12.6. The number of aryl methyl sites for hydroxylation is 1. The number of amides is 1. The molecule has 0 bridgehead atoms. The van der Waals surface area contributed by atoms with Crippen LogP contribution in [0.25, 0.3) is 0 Å². The molecule has 6 heteroatoms. The number of aromatic nitrogens is 2. The number of nitrogens with zero attached hydrogens (tertiary/aromatic N) is 4. The molecule has 0 N–H and O–H groups in total. The van der Waals surface area contributed by atoms with Crippen molar-refractivity contribution in [2.75, 3.05) is 44.3 Å². The lowest BCUT2D eigenvalue weighted by molar-refractivity contribution is -0.119. The number of anilines is 1. The zero-order chi connectivity index (χ0) is 19.8. The summed E-state index contributed by atoms with van der Waals surface area (Å²) < 4.78 is 5.58. The van der Waals surface area contributed by atoms with Gasteiger partial charge in [0, 0.05) is 36.7 Å². The third kappa shape index (κ3) is 4.24. The van der Waals surface area contributed by atoms with Crippen molar-refractivity contribution in [2.45, 2.75) is 57.8 Å². The van der Waals surface area contributed by atoms with E-state index in [2.05, 4.69) is 17.9 Å². The van der Waals surface area contributed by atoms with Gasteiger partial charge in [0.25, 0.3) is 0 Å². The van der Waals surface area contributed by atoms with Crippen LogP contribution in [-0.2, 0) is 16.0 Å². The van der Waals surface area contributed by atoms with Gasteiger partial charge in [-0.15, -0.1) is 0 Å². The normalized spacial score (nSPS) is 23.8. The van der Waals surface area contributed by atoms with Gasteiger partial charge in [-0.2, -0.15) is 0 Å². The van der Waals surface area contributed by atoms with Gasteiger partial charge in [-0.3, -0.25) is 14.6 Å². The Morgan fingerprint density at radius 1 is 1.14 bits per heavy atom. The largest absolute Gasteiger partial charge is 0.377 e. The van der Waals surface area contributed by atoms with Crippen molar-refractivity contribution in [3.05, 3.63) is 28.7 Å². The summed E-state index contributed by atoms with van der Waals surface area (Å²) in [5.41, 5.74) is 3.69. The predicted molar refractivity (Wildman–Crippen MR) is 112 cm³/mol. The van der Waals surface area contributed by atoms with Gasteiger partial charge in [0.1, 0.15) is 11.6 Å². The van der Waals surface area contributed by atoms with E-state index in [1.807, 2.05) is 4.90 Å². The van der Waals surface area contributed by atoms with Crippen LogP contribution in [0.15, 0.2) is 11.6 Å². The Kier molecular flexibility index (Phi) is 5.39. The molecule has 29 heavy (non-hydrogen) atoms. The molecule has 156 valence electrons. The van der Waals surface area contributed by atoms with Gasteiger partial charge in [0.2, 0.25) is 5.91 Å². The lowest BCUT2D eigenvalue weighted by atomic mass is 9.94. The molecule has 0 unspecified atom stereocenters. The smallest absolute Gasteiger partial charge is 0.228 e. The Balaban J connectivity index is 1.29. The van der Waals surface area contributed by atoms with E-state index in [-0.39, 0.29) is 5.91 Å². The second kappa shape index (κ2) is 8.15. The van der Waals surface area contributed by atoms with Crippen LogP contribution < -0.4 is 4.90 Å². The Morgan fingerprint density at radius 2 is 1.97 bits per heavy atom. The zero-order valence-electron chi connectivity index (χ0n) is 17.5. The molecule has 1 aliphatic carbocycles. The van der Waals surface area contributed by atoms with E-state index in [9.17, 15) is 4.79 Å². The van der Waals surface area contributed by atoms with E-state index in [1.54, 1.807) is 0 Å². The van der Waals surface area contributed by atoms with E-state index in [1.165, 1.54) is 24.0 Å². The second-order valence-electron chi connectivity index (χ2n) is 9.17. The Bertz CT molecular complexity index is 809. The highest BCUT2D eigenvalue weighted by atomic mass is 16.5. The van der Waals surface area contributed by atoms with Crippen molar-refractivity contribution in [2.24, 2.45) is 5.92 Å². The first-order valence-electron chi connectivity index (χ1n) is 11.3. The molecular formula is C23H32N4O2. The average Bonchev–Trinajstić information content (AvgIpc) is 3.56. The average molecular weight is 397 g/mol. The van der Waals surface area contributed by atoms with Gasteiger partial charge in [0.15, 0.2) is 0 Å². The van der Waals surface area contributed by atoms with Gasteiger partial charge in [-0.1, -0.05) is 6.08 Å². The molecule has 0 atom stereocenters. The molecule has 1 saturated heterocycles. The molecule has 6 nitrogen and oxygen atoms in total. The summed E-state index contributed by atoms with van der Waals surface area (Å²) in [4.78, 5) is 27.0. The van der Waals surface area contributed by atoms with Crippen LogP contribution in [0.1, 0.15) is 61.5 Å². The first-order valence-corrected chi connectivity index (χ1v) is 11.3. The third-order valence-electron chi connectivity index (χ3n) is 6.85. The standard InChI is InChI=1S/C23H32N4O2/c1-16-20-6-7-21(28)27(14-17-4-5-17)23(20)25-22(24-16)19-8-10-26(11-9-19)13-18-3-2-12-29-15-18/h3,17,19H,2,4-15H2,1H3. The van der Waals surface area contributed by atoms with Crippen LogP contribution in [0, 0.1) is 12.8 Å². The van der Waals surface area contributed by atoms with E-state index in [0.717, 1.165) is 82.4 Å². The van der Waals surface area contributed by atoms with Crippen molar-refractivity contribution in [1.82, 2.24) is 14.9 Å². The third-order valence-corrected chi connectivity index (χ3v) is 6.85. The van der Waals surface area contributed by atoms with Crippen LogP contribution >= 0.6 is 0 Å². The molecule has 4 heterocycles. The first kappa shape index (κ1) is 19.2. The van der Waals surface area contributed by atoms with Gasteiger partial charge < -0.3 is 4.74 Å². The molecule has 1 amide bonds. The highest BCUT2D eigenvalue weighted by Crippen LogP contribution is 2.36. The number of hydrogen-bond donors (Lipinski definition) is 0. The number of likely N-dealkylation sites (tertiary alicyclic amines) is 1. The number of rotatable bonds is 5. The molecule has 1 aromatic rings. The number of hydrogen-bond acceptors (Lipinski definition) is 5. The summed E-state index contributed by atoms with van der Waals surface area (Å²) in [6.45, 7) is 7.77. The quantitative estimate of drug-likeness (QED) is 0.716. The lowest BCUT2D eigenvalue weighted by Gasteiger charge is -2.34. The lowest BCUT2D eigenvalue weighted by Crippen LogP contribution is -2.39. The minimum Gasteiger partial charge on any atom is -0.377 e. The number of fused-ring (bicyclic) bond motifs is 1. The van der Waals surface area contributed by atoms with Gasteiger partial charge in [-0.05, 0) is 70.0 Å². The van der Waals surface area contributed by atoms with Gasteiger partial charge in [0.05, 0.1) is 13.2 Å². The van der Waals surface area contributed by atoms with E-state index < -0.39 is 0 Å².